The summed E-state index contributed by atoms with van der Waals surface area (Å²) in [4.78, 5) is 4.24. The van der Waals surface area contributed by atoms with Crippen LogP contribution < -0.4 is 11.1 Å². The SMILES string of the molecule is CCCCCCN=C(N)NCCS(=O)C(C)(C)C.I. The molecule has 1 unspecified atom stereocenters. The molecule has 1 atom stereocenters. The third-order valence-electron chi connectivity index (χ3n) is 2.57. The molecule has 116 valence electrons. The third kappa shape index (κ3) is 12.9. The Labute approximate surface area is 137 Å². The van der Waals surface area contributed by atoms with Crippen molar-refractivity contribution < 1.29 is 4.21 Å². The smallest absolute Gasteiger partial charge is 0.188 e. The monoisotopic (exact) mass is 403 g/mol. The Balaban J connectivity index is 0. The Kier molecular flexibility index (Phi) is 13.5. The van der Waals surface area contributed by atoms with Crippen LogP contribution in [0.25, 0.3) is 0 Å². The minimum absolute atomic E-state index is 0. The van der Waals surface area contributed by atoms with Crippen LogP contribution in [0.3, 0.4) is 0 Å². The maximum absolute atomic E-state index is 11.8. The van der Waals surface area contributed by atoms with Gasteiger partial charge < -0.3 is 11.1 Å². The van der Waals surface area contributed by atoms with Crippen molar-refractivity contribution in [1.29, 1.82) is 0 Å². The lowest BCUT2D eigenvalue weighted by atomic mass is 10.2. The van der Waals surface area contributed by atoms with Gasteiger partial charge in [0.2, 0.25) is 0 Å². The van der Waals surface area contributed by atoms with Crippen LogP contribution in [0, 0.1) is 0 Å². The Hall–Kier alpha value is 0.150. The number of aliphatic imine (C=N–C) groups is 1. The molecule has 0 aliphatic rings. The standard InChI is InChI=1S/C13H29N3OS.HI/c1-5-6-7-8-9-15-12(14)16-10-11-18(17)13(2,3)4;/h5-11H2,1-4H3,(H3,14,15,16);1H. The van der Waals surface area contributed by atoms with Gasteiger partial charge in [0.05, 0.1) is 0 Å². The van der Waals surface area contributed by atoms with Gasteiger partial charge in [0.1, 0.15) is 0 Å². The number of hydrogen-bond donors (Lipinski definition) is 2. The van der Waals surface area contributed by atoms with Crippen LogP contribution in [0.4, 0.5) is 0 Å². The molecule has 0 amide bonds. The largest absolute Gasteiger partial charge is 0.370 e. The number of hydrogen-bond acceptors (Lipinski definition) is 2. The van der Waals surface area contributed by atoms with Crippen molar-refractivity contribution in [3.8, 4) is 0 Å². The molecule has 19 heavy (non-hydrogen) atoms. The summed E-state index contributed by atoms with van der Waals surface area (Å²) in [5.74, 6) is 1.08. The first-order chi connectivity index (χ1) is 8.38. The summed E-state index contributed by atoms with van der Waals surface area (Å²) in [6, 6.07) is 0. The predicted octanol–water partition coefficient (Wildman–Crippen LogP) is 2.64. The summed E-state index contributed by atoms with van der Waals surface area (Å²) in [5.41, 5.74) is 5.72. The molecule has 4 nitrogen and oxygen atoms in total. The van der Waals surface area contributed by atoms with Crippen molar-refractivity contribution in [1.82, 2.24) is 5.32 Å². The number of guanidine groups is 1. The van der Waals surface area contributed by atoms with Crippen LogP contribution in [-0.2, 0) is 10.8 Å². The fourth-order valence-electron chi connectivity index (χ4n) is 1.37. The van der Waals surface area contributed by atoms with E-state index in [1.807, 2.05) is 20.8 Å². The molecular formula is C13H30IN3OS. The summed E-state index contributed by atoms with van der Waals surface area (Å²) < 4.78 is 11.6. The van der Waals surface area contributed by atoms with Gasteiger partial charge in [0.25, 0.3) is 0 Å². The van der Waals surface area contributed by atoms with Crippen LogP contribution in [0.2, 0.25) is 0 Å². The minimum Gasteiger partial charge on any atom is -0.370 e. The molecule has 0 bridgehead atoms. The van der Waals surface area contributed by atoms with E-state index in [9.17, 15) is 4.21 Å². The van der Waals surface area contributed by atoms with E-state index < -0.39 is 10.8 Å². The number of unbranched alkanes of at least 4 members (excludes halogenated alkanes) is 3. The second kappa shape index (κ2) is 11.9. The number of nitrogens with two attached hydrogens (primary N) is 1. The van der Waals surface area contributed by atoms with Gasteiger partial charge in [-0.1, -0.05) is 26.2 Å². The molecule has 0 aromatic rings. The lowest BCUT2D eigenvalue weighted by Gasteiger charge is -2.17. The van der Waals surface area contributed by atoms with Gasteiger partial charge in [-0.05, 0) is 27.2 Å². The molecule has 0 spiro atoms. The van der Waals surface area contributed by atoms with E-state index in [4.69, 9.17) is 5.73 Å². The average Bonchev–Trinajstić information content (AvgIpc) is 2.27. The summed E-state index contributed by atoms with van der Waals surface area (Å²) in [6.07, 6.45) is 4.79. The molecule has 0 rings (SSSR count). The molecule has 0 fully saturated rings. The van der Waals surface area contributed by atoms with Crippen molar-refractivity contribution in [3.63, 3.8) is 0 Å². The van der Waals surface area contributed by atoms with Crippen LogP contribution in [-0.4, -0.2) is 33.8 Å². The second-order valence-corrected chi connectivity index (χ2v) is 7.74. The van der Waals surface area contributed by atoms with Crippen LogP contribution >= 0.6 is 24.0 Å². The van der Waals surface area contributed by atoms with E-state index in [1.165, 1.54) is 19.3 Å². The van der Waals surface area contributed by atoms with Gasteiger partial charge in [-0.3, -0.25) is 9.20 Å². The molecule has 0 radical (unpaired) electrons. The number of nitrogens with zero attached hydrogens (tertiary/aromatic N) is 1. The molecule has 0 aromatic carbocycles. The average molecular weight is 403 g/mol. The highest BCUT2D eigenvalue weighted by Crippen LogP contribution is 2.10. The third-order valence-corrected chi connectivity index (χ3v) is 4.51. The molecule has 0 aliphatic heterocycles. The van der Waals surface area contributed by atoms with E-state index in [1.54, 1.807) is 0 Å². The zero-order chi connectivity index (χ0) is 14.0. The van der Waals surface area contributed by atoms with E-state index in [0.717, 1.165) is 13.0 Å². The first-order valence-electron chi connectivity index (χ1n) is 6.80. The Morgan fingerprint density at radius 1 is 1.26 bits per heavy atom. The lowest BCUT2D eigenvalue weighted by Crippen LogP contribution is -2.36. The van der Waals surface area contributed by atoms with E-state index in [2.05, 4.69) is 17.2 Å². The summed E-state index contributed by atoms with van der Waals surface area (Å²) in [5, 5.41) is 3.01. The molecule has 0 aliphatic carbocycles. The van der Waals surface area contributed by atoms with Gasteiger partial charge in [0, 0.05) is 34.4 Å². The lowest BCUT2D eigenvalue weighted by molar-refractivity contribution is 0.647. The van der Waals surface area contributed by atoms with Crippen molar-refractivity contribution in [2.24, 2.45) is 10.7 Å². The number of rotatable bonds is 8. The van der Waals surface area contributed by atoms with E-state index in [0.29, 0.717) is 18.3 Å². The molecule has 6 heteroatoms. The quantitative estimate of drug-likeness (QED) is 0.283. The molecule has 0 saturated heterocycles. The maximum atomic E-state index is 11.8. The first kappa shape index (κ1) is 21.4. The number of halogens is 1. The fourth-order valence-corrected chi connectivity index (χ4v) is 2.27. The summed E-state index contributed by atoms with van der Waals surface area (Å²) >= 11 is 0. The molecule has 3 N–H and O–H groups in total. The van der Waals surface area contributed by atoms with Crippen LogP contribution in [0.1, 0.15) is 53.4 Å². The van der Waals surface area contributed by atoms with Gasteiger partial charge in [-0.2, -0.15) is 0 Å². The maximum Gasteiger partial charge on any atom is 0.188 e. The highest BCUT2D eigenvalue weighted by atomic mass is 127. The molecular weight excluding hydrogens is 373 g/mol. The highest BCUT2D eigenvalue weighted by molar-refractivity contribution is 14.0. The molecule has 0 aromatic heterocycles. The minimum atomic E-state index is -0.837. The summed E-state index contributed by atoms with van der Waals surface area (Å²) in [7, 11) is -0.837. The molecule has 0 heterocycles. The summed E-state index contributed by atoms with van der Waals surface area (Å²) in [6.45, 7) is 9.53. The van der Waals surface area contributed by atoms with Crippen molar-refractivity contribution in [2.75, 3.05) is 18.8 Å². The van der Waals surface area contributed by atoms with Gasteiger partial charge in [-0.15, -0.1) is 24.0 Å². The van der Waals surface area contributed by atoms with E-state index in [-0.39, 0.29) is 28.7 Å². The highest BCUT2D eigenvalue weighted by Gasteiger charge is 2.18. The van der Waals surface area contributed by atoms with Crippen molar-refractivity contribution in [2.45, 2.75) is 58.1 Å². The topological polar surface area (TPSA) is 67.5 Å². The van der Waals surface area contributed by atoms with Gasteiger partial charge in [-0.25, -0.2) is 0 Å². The predicted molar refractivity (Wildman–Crippen MR) is 96.8 cm³/mol. The van der Waals surface area contributed by atoms with Gasteiger partial charge in [0.15, 0.2) is 5.96 Å². The van der Waals surface area contributed by atoms with Crippen LogP contribution in [0.5, 0.6) is 0 Å². The van der Waals surface area contributed by atoms with Gasteiger partial charge >= 0.3 is 0 Å². The van der Waals surface area contributed by atoms with Crippen molar-refractivity contribution in [3.05, 3.63) is 0 Å². The fraction of sp³-hybridized carbons (Fsp3) is 0.923. The second-order valence-electron chi connectivity index (χ2n) is 5.42. The Morgan fingerprint density at radius 3 is 2.42 bits per heavy atom. The van der Waals surface area contributed by atoms with Crippen LogP contribution in [0.15, 0.2) is 4.99 Å². The Bertz CT molecular complexity index is 278. The van der Waals surface area contributed by atoms with Crippen molar-refractivity contribution >= 4 is 40.7 Å². The molecule has 0 saturated carbocycles. The Morgan fingerprint density at radius 2 is 1.89 bits per heavy atom. The zero-order valence-corrected chi connectivity index (χ0v) is 15.8. The number of nitrogens with one attached hydrogen (secondary N) is 1. The first-order valence-corrected chi connectivity index (χ1v) is 8.12. The zero-order valence-electron chi connectivity index (χ0n) is 12.7. The van der Waals surface area contributed by atoms with E-state index >= 15 is 0 Å². The normalized spacial score (nSPS) is 13.8.